The van der Waals surface area contributed by atoms with Gasteiger partial charge in [0.05, 0.1) is 0 Å². The first kappa shape index (κ1) is 12.6. The molecule has 0 aliphatic heterocycles. The minimum absolute atomic E-state index is 0.419. The lowest BCUT2D eigenvalue weighted by Crippen LogP contribution is -2.10. The Balaban J connectivity index is 2.01. The first-order valence-electron chi connectivity index (χ1n) is 7.75. The van der Waals surface area contributed by atoms with Gasteiger partial charge in [0.1, 0.15) is 6.29 Å². The van der Waals surface area contributed by atoms with Crippen LogP contribution in [0.4, 0.5) is 0 Å². The van der Waals surface area contributed by atoms with Crippen molar-refractivity contribution in [1.29, 1.82) is 0 Å². The molecule has 1 nitrogen and oxygen atoms in total. The maximum absolute atomic E-state index is 10.9. The molecule has 1 heteroatoms. The summed E-state index contributed by atoms with van der Waals surface area (Å²) in [5.74, 6) is 0.419. The van der Waals surface area contributed by atoms with Gasteiger partial charge in [0.15, 0.2) is 0 Å². The van der Waals surface area contributed by atoms with E-state index in [1.54, 1.807) is 0 Å². The standard InChI is InChI=1S/C20H18O/c21-13-12-15-5-3-7-18-17(15)10-11-19-16-6-2-1-4-14(16)8-9-20(18)19/h1-2,4,6,8-11,13,15H,3,5,7,12H2. The number of rotatable bonds is 2. The molecule has 21 heavy (non-hydrogen) atoms. The summed E-state index contributed by atoms with van der Waals surface area (Å²) >= 11 is 0. The molecule has 0 heterocycles. The highest BCUT2D eigenvalue weighted by atomic mass is 16.1. The maximum Gasteiger partial charge on any atom is 0.120 e. The predicted octanol–water partition coefficient (Wildman–Crippen LogP) is 5.00. The van der Waals surface area contributed by atoms with Crippen LogP contribution in [0, 0.1) is 0 Å². The Morgan fingerprint density at radius 2 is 1.81 bits per heavy atom. The van der Waals surface area contributed by atoms with Gasteiger partial charge in [-0.1, -0.05) is 48.5 Å². The Kier molecular flexibility index (Phi) is 2.99. The van der Waals surface area contributed by atoms with Crippen LogP contribution in [0.1, 0.15) is 36.3 Å². The molecule has 3 aromatic rings. The van der Waals surface area contributed by atoms with Crippen LogP contribution in [-0.2, 0) is 11.2 Å². The minimum Gasteiger partial charge on any atom is -0.303 e. The second kappa shape index (κ2) is 5.00. The Bertz CT molecular complexity index is 832. The number of hydrogen-bond donors (Lipinski definition) is 0. The third kappa shape index (κ3) is 1.96. The molecule has 0 saturated carbocycles. The lowest BCUT2D eigenvalue weighted by Gasteiger charge is -2.25. The molecule has 1 aliphatic carbocycles. The predicted molar refractivity (Wildman–Crippen MR) is 87.8 cm³/mol. The van der Waals surface area contributed by atoms with E-state index >= 15 is 0 Å². The average Bonchev–Trinajstić information content (AvgIpc) is 2.55. The smallest absolute Gasteiger partial charge is 0.120 e. The van der Waals surface area contributed by atoms with Gasteiger partial charge in [-0.3, -0.25) is 0 Å². The van der Waals surface area contributed by atoms with Crippen LogP contribution in [0.25, 0.3) is 21.5 Å². The van der Waals surface area contributed by atoms with Crippen LogP contribution in [0.5, 0.6) is 0 Å². The van der Waals surface area contributed by atoms with Crippen molar-refractivity contribution in [3.63, 3.8) is 0 Å². The van der Waals surface area contributed by atoms with E-state index in [1.165, 1.54) is 39.1 Å². The van der Waals surface area contributed by atoms with Crippen LogP contribution < -0.4 is 0 Å². The van der Waals surface area contributed by atoms with E-state index < -0.39 is 0 Å². The van der Waals surface area contributed by atoms with Crippen molar-refractivity contribution in [3.8, 4) is 0 Å². The normalized spacial score (nSPS) is 17.8. The zero-order valence-electron chi connectivity index (χ0n) is 12.0. The van der Waals surface area contributed by atoms with E-state index in [2.05, 4.69) is 48.5 Å². The molecule has 1 atom stereocenters. The number of aryl methyl sites for hydroxylation is 1. The summed E-state index contributed by atoms with van der Waals surface area (Å²) in [7, 11) is 0. The molecule has 1 unspecified atom stereocenters. The van der Waals surface area contributed by atoms with E-state index in [0.717, 1.165) is 19.1 Å². The highest BCUT2D eigenvalue weighted by Crippen LogP contribution is 2.39. The Morgan fingerprint density at radius 3 is 2.71 bits per heavy atom. The molecular formula is C20H18O. The summed E-state index contributed by atoms with van der Waals surface area (Å²) in [5, 5.41) is 5.35. The average molecular weight is 274 g/mol. The minimum atomic E-state index is 0.419. The second-order valence-electron chi connectivity index (χ2n) is 6.01. The van der Waals surface area contributed by atoms with Gasteiger partial charge in [0.25, 0.3) is 0 Å². The summed E-state index contributed by atoms with van der Waals surface area (Å²) in [4.78, 5) is 10.9. The summed E-state index contributed by atoms with van der Waals surface area (Å²) in [6.45, 7) is 0. The van der Waals surface area contributed by atoms with E-state index in [9.17, 15) is 4.79 Å². The number of benzene rings is 3. The Morgan fingerprint density at radius 1 is 0.952 bits per heavy atom. The molecule has 104 valence electrons. The van der Waals surface area contributed by atoms with Gasteiger partial charge in [-0.05, 0) is 57.9 Å². The number of aldehydes is 1. The molecule has 0 amide bonds. The van der Waals surface area contributed by atoms with Crippen molar-refractivity contribution < 1.29 is 4.79 Å². The van der Waals surface area contributed by atoms with Crippen molar-refractivity contribution in [1.82, 2.24) is 0 Å². The zero-order valence-corrected chi connectivity index (χ0v) is 12.0. The van der Waals surface area contributed by atoms with E-state index in [-0.39, 0.29) is 0 Å². The van der Waals surface area contributed by atoms with Crippen molar-refractivity contribution in [3.05, 3.63) is 59.7 Å². The third-order valence-corrected chi connectivity index (χ3v) is 4.87. The number of hydrogen-bond acceptors (Lipinski definition) is 1. The van der Waals surface area contributed by atoms with Gasteiger partial charge in [-0.15, -0.1) is 0 Å². The molecule has 0 fully saturated rings. The molecule has 0 bridgehead atoms. The van der Waals surface area contributed by atoms with Gasteiger partial charge < -0.3 is 4.79 Å². The highest BCUT2D eigenvalue weighted by Gasteiger charge is 2.21. The van der Waals surface area contributed by atoms with Crippen LogP contribution >= 0.6 is 0 Å². The van der Waals surface area contributed by atoms with Crippen LogP contribution in [-0.4, -0.2) is 6.29 Å². The summed E-state index contributed by atoms with van der Waals surface area (Å²) in [6.07, 6.45) is 5.21. The monoisotopic (exact) mass is 274 g/mol. The summed E-state index contributed by atoms with van der Waals surface area (Å²) in [6, 6.07) is 17.6. The third-order valence-electron chi connectivity index (χ3n) is 4.87. The topological polar surface area (TPSA) is 17.1 Å². The van der Waals surface area contributed by atoms with Crippen LogP contribution in [0.3, 0.4) is 0 Å². The summed E-state index contributed by atoms with van der Waals surface area (Å²) in [5.41, 5.74) is 2.87. The quantitative estimate of drug-likeness (QED) is 0.474. The van der Waals surface area contributed by atoms with Gasteiger partial charge >= 0.3 is 0 Å². The molecular weight excluding hydrogens is 256 g/mol. The molecule has 0 N–H and O–H groups in total. The zero-order chi connectivity index (χ0) is 14.2. The van der Waals surface area contributed by atoms with Crippen LogP contribution in [0.2, 0.25) is 0 Å². The lowest BCUT2D eigenvalue weighted by molar-refractivity contribution is -0.108. The van der Waals surface area contributed by atoms with Crippen molar-refractivity contribution in [2.24, 2.45) is 0 Å². The summed E-state index contributed by atoms with van der Waals surface area (Å²) < 4.78 is 0. The maximum atomic E-state index is 10.9. The molecule has 0 radical (unpaired) electrons. The fraction of sp³-hybridized carbons (Fsp3) is 0.250. The van der Waals surface area contributed by atoms with Crippen molar-refractivity contribution in [2.75, 3.05) is 0 Å². The van der Waals surface area contributed by atoms with Crippen molar-refractivity contribution >= 4 is 27.8 Å². The van der Waals surface area contributed by atoms with Crippen molar-refractivity contribution in [2.45, 2.75) is 31.6 Å². The molecule has 1 aliphatic rings. The number of fused-ring (bicyclic) bond motifs is 5. The molecule has 0 saturated heterocycles. The second-order valence-corrected chi connectivity index (χ2v) is 6.01. The fourth-order valence-corrected chi connectivity index (χ4v) is 3.87. The molecule has 4 rings (SSSR count). The number of carbonyl (C=O) groups is 1. The van der Waals surface area contributed by atoms with Gasteiger partial charge in [0.2, 0.25) is 0 Å². The Hall–Kier alpha value is -2.15. The number of carbonyl (C=O) groups excluding carboxylic acids is 1. The molecule has 3 aromatic carbocycles. The Labute approximate surface area is 124 Å². The van der Waals surface area contributed by atoms with E-state index in [0.29, 0.717) is 12.3 Å². The molecule has 0 spiro atoms. The molecule has 0 aromatic heterocycles. The van der Waals surface area contributed by atoms with Crippen LogP contribution in [0.15, 0.2) is 48.5 Å². The SMILES string of the molecule is O=CCC1CCCc2c1ccc1c2ccc2ccccc21. The first-order valence-corrected chi connectivity index (χ1v) is 7.75. The first-order chi connectivity index (χ1) is 10.4. The van der Waals surface area contributed by atoms with E-state index in [1.807, 2.05) is 0 Å². The lowest BCUT2D eigenvalue weighted by atomic mass is 9.79. The largest absolute Gasteiger partial charge is 0.303 e. The van der Waals surface area contributed by atoms with Gasteiger partial charge in [0, 0.05) is 6.42 Å². The van der Waals surface area contributed by atoms with Gasteiger partial charge in [-0.25, -0.2) is 0 Å². The highest BCUT2D eigenvalue weighted by molar-refractivity contribution is 6.08. The van der Waals surface area contributed by atoms with E-state index in [4.69, 9.17) is 0 Å². The fourth-order valence-electron chi connectivity index (χ4n) is 3.87. The van der Waals surface area contributed by atoms with Gasteiger partial charge in [-0.2, -0.15) is 0 Å².